The van der Waals surface area contributed by atoms with Crippen LogP contribution in [0.3, 0.4) is 0 Å². The van der Waals surface area contributed by atoms with Crippen molar-refractivity contribution in [3.05, 3.63) is 41.0 Å². The van der Waals surface area contributed by atoms with Crippen LogP contribution in [0.2, 0.25) is 0 Å². The zero-order valence-electron chi connectivity index (χ0n) is 8.74. The highest BCUT2D eigenvalue weighted by Crippen LogP contribution is 2.30. The first-order chi connectivity index (χ1) is 7.74. The molecule has 0 unspecified atom stereocenters. The van der Waals surface area contributed by atoms with Gasteiger partial charge in [0.15, 0.2) is 11.6 Å². The molecule has 1 aromatic heterocycles. The standard InChI is InChI=1S/C12H11FO2S/c1-15-11-4-2-8(6-10(11)13)12-5-3-9(7-14)16-12/h2-6,14H,7H2,1H3. The van der Waals surface area contributed by atoms with Crippen LogP contribution >= 0.6 is 11.3 Å². The second kappa shape index (κ2) is 4.63. The normalized spacial score (nSPS) is 10.4. The zero-order valence-corrected chi connectivity index (χ0v) is 9.55. The summed E-state index contributed by atoms with van der Waals surface area (Å²) < 4.78 is 18.3. The lowest BCUT2D eigenvalue weighted by atomic mass is 10.2. The minimum Gasteiger partial charge on any atom is -0.494 e. The highest BCUT2D eigenvalue weighted by molar-refractivity contribution is 7.15. The van der Waals surface area contributed by atoms with Crippen LogP contribution in [-0.4, -0.2) is 12.2 Å². The molecule has 2 aromatic rings. The zero-order chi connectivity index (χ0) is 11.5. The van der Waals surface area contributed by atoms with Gasteiger partial charge >= 0.3 is 0 Å². The van der Waals surface area contributed by atoms with Crippen LogP contribution in [0, 0.1) is 5.82 Å². The van der Waals surface area contributed by atoms with E-state index >= 15 is 0 Å². The fourth-order valence-corrected chi connectivity index (χ4v) is 2.30. The number of hydrogen-bond donors (Lipinski definition) is 1. The highest BCUT2D eigenvalue weighted by Gasteiger charge is 2.07. The lowest BCUT2D eigenvalue weighted by Gasteiger charge is -2.03. The van der Waals surface area contributed by atoms with Crippen LogP contribution in [0.4, 0.5) is 4.39 Å². The number of ether oxygens (including phenoxy) is 1. The maximum Gasteiger partial charge on any atom is 0.165 e. The molecule has 4 heteroatoms. The van der Waals surface area contributed by atoms with E-state index in [4.69, 9.17) is 9.84 Å². The maximum absolute atomic E-state index is 13.5. The van der Waals surface area contributed by atoms with E-state index in [-0.39, 0.29) is 18.2 Å². The van der Waals surface area contributed by atoms with E-state index in [0.717, 1.165) is 15.3 Å². The maximum atomic E-state index is 13.5. The third kappa shape index (κ3) is 2.08. The molecule has 1 aromatic carbocycles. The number of hydrogen-bond acceptors (Lipinski definition) is 3. The summed E-state index contributed by atoms with van der Waals surface area (Å²) in [6.45, 7) is 0.0172. The lowest BCUT2D eigenvalue weighted by molar-refractivity contribution is 0.285. The number of benzene rings is 1. The van der Waals surface area contributed by atoms with Crippen LogP contribution in [0.1, 0.15) is 4.88 Å². The Bertz CT molecular complexity index is 494. The minimum atomic E-state index is -0.376. The molecule has 84 valence electrons. The average Bonchev–Trinajstić information content (AvgIpc) is 2.77. The first-order valence-electron chi connectivity index (χ1n) is 4.78. The lowest BCUT2D eigenvalue weighted by Crippen LogP contribution is -1.87. The first-order valence-corrected chi connectivity index (χ1v) is 5.59. The summed E-state index contributed by atoms with van der Waals surface area (Å²) >= 11 is 1.45. The van der Waals surface area contributed by atoms with Crippen molar-refractivity contribution in [3.63, 3.8) is 0 Å². The van der Waals surface area contributed by atoms with Gasteiger partial charge in [0.1, 0.15) is 0 Å². The second-order valence-electron chi connectivity index (χ2n) is 3.27. The SMILES string of the molecule is COc1ccc(-c2ccc(CO)s2)cc1F. The van der Waals surface area contributed by atoms with E-state index < -0.39 is 0 Å². The van der Waals surface area contributed by atoms with Crippen LogP contribution in [0.5, 0.6) is 5.75 Å². The van der Waals surface area contributed by atoms with Gasteiger partial charge in [0, 0.05) is 9.75 Å². The van der Waals surface area contributed by atoms with E-state index in [1.165, 1.54) is 24.5 Å². The molecule has 16 heavy (non-hydrogen) atoms. The predicted molar refractivity (Wildman–Crippen MR) is 62.2 cm³/mol. The van der Waals surface area contributed by atoms with Crippen LogP contribution < -0.4 is 4.74 Å². The number of halogens is 1. The molecule has 0 saturated carbocycles. The van der Waals surface area contributed by atoms with E-state index in [1.54, 1.807) is 12.1 Å². The number of aliphatic hydroxyl groups is 1. The molecule has 1 N–H and O–H groups in total. The molecule has 0 amide bonds. The third-order valence-electron chi connectivity index (χ3n) is 2.25. The van der Waals surface area contributed by atoms with Gasteiger partial charge in [0.2, 0.25) is 0 Å². The molecule has 0 atom stereocenters. The number of rotatable bonds is 3. The molecule has 0 radical (unpaired) electrons. The second-order valence-corrected chi connectivity index (χ2v) is 4.44. The topological polar surface area (TPSA) is 29.5 Å². The largest absolute Gasteiger partial charge is 0.494 e. The number of aliphatic hydroxyl groups excluding tert-OH is 1. The quantitative estimate of drug-likeness (QED) is 0.890. The minimum absolute atomic E-state index is 0.0172. The molecule has 0 aliphatic rings. The number of methoxy groups -OCH3 is 1. The Hall–Kier alpha value is -1.39. The van der Waals surface area contributed by atoms with Crippen LogP contribution in [0.15, 0.2) is 30.3 Å². The van der Waals surface area contributed by atoms with Crippen molar-refractivity contribution in [2.75, 3.05) is 7.11 Å². The van der Waals surface area contributed by atoms with E-state index in [9.17, 15) is 4.39 Å². The molecule has 2 nitrogen and oxygen atoms in total. The Morgan fingerprint density at radius 3 is 2.69 bits per heavy atom. The Balaban J connectivity index is 2.37. The van der Waals surface area contributed by atoms with Gasteiger partial charge in [-0.3, -0.25) is 0 Å². The summed E-state index contributed by atoms with van der Waals surface area (Å²) in [5, 5.41) is 8.95. The van der Waals surface area contributed by atoms with Crippen molar-refractivity contribution in [3.8, 4) is 16.2 Å². The van der Waals surface area contributed by atoms with Crippen molar-refractivity contribution < 1.29 is 14.2 Å². The summed E-state index contributed by atoms with van der Waals surface area (Å²) in [6.07, 6.45) is 0. The Morgan fingerprint density at radius 1 is 1.31 bits per heavy atom. The summed E-state index contributed by atoms with van der Waals surface area (Å²) in [5.41, 5.74) is 0.794. The molecule has 0 aliphatic carbocycles. The predicted octanol–water partition coefficient (Wildman–Crippen LogP) is 3.06. The monoisotopic (exact) mass is 238 g/mol. The summed E-state index contributed by atoms with van der Waals surface area (Å²) in [6, 6.07) is 8.54. The van der Waals surface area contributed by atoms with Gasteiger partial charge in [-0.05, 0) is 35.9 Å². The molecule has 0 fully saturated rings. The van der Waals surface area contributed by atoms with Crippen LogP contribution in [-0.2, 0) is 6.61 Å². The van der Waals surface area contributed by atoms with Crippen molar-refractivity contribution in [1.82, 2.24) is 0 Å². The molecular weight excluding hydrogens is 227 g/mol. The average molecular weight is 238 g/mol. The third-order valence-corrected chi connectivity index (χ3v) is 3.37. The molecular formula is C12H11FO2S. The van der Waals surface area contributed by atoms with Crippen molar-refractivity contribution in [2.45, 2.75) is 6.61 Å². The van der Waals surface area contributed by atoms with E-state index in [0.29, 0.717) is 0 Å². The Labute approximate surface area is 96.9 Å². The summed E-state index contributed by atoms with van der Waals surface area (Å²) in [4.78, 5) is 1.80. The van der Waals surface area contributed by atoms with Gasteiger partial charge in [-0.2, -0.15) is 0 Å². The first kappa shape index (κ1) is 11.1. The van der Waals surface area contributed by atoms with E-state index in [2.05, 4.69) is 0 Å². The van der Waals surface area contributed by atoms with Gasteiger partial charge in [-0.15, -0.1) is 11.3 Å². The fraction of sp³-hybridized carbons (Fsp3) is 0.167. The molecule has 0 spiro atoms. The Kier molecular flexibility index (Phi) is 3.22. The molecule has 0 aliphatic heterocycles. The van der Waals surface area contributed by atoms with Gasteiger partial charge in [0.25, 0.3) is 0 Å². The fourth-order valence-electron chi connectivity index (χ4n) is 1.44. The van der Waals surface area contributed by atoms with Gasteiger partial charge in [-0.25, -0.2) is 4.39 Å². The van der Waals surface area contributed by atoms with Gasteiger partial charge < -0.3 is 9.84 Å². The van der Waals surface area contributed by atoms with Gasteiger partial charge in [0.05, 0.1) is 13.7 Å². The van der Waals surface area contributed by atoms with Crippen molar-refractivity contribution in [1.29, 1.82) is 0 Å². The van der Waals surface area contributed by atoms with Gasteiger partial charge in [-0.1, -0.05) is 0 Å². The summed E-state index contributed by atoms with van der Waals surface area (Å²) in [7, 11) is 1.44. The molecule has 0 saturated heterocycles. The van der Waals surface area contributed by atoms with Crippen molar-refractivity contribution in [2.24, 2.45) is 0 Å². The van der Waals surface area contributed by atoms with E-state index in [1.807, 2.05) is 12.1 Å². The molecule has 0 bridgehead atoms. The highest BCUT2D eigenvalue weighted by atomic mass is 32.1. The number of thiophene rings is 1. The summed E-state index contributed by atoms with van der Waals surface area (Å²) in [5.74, 6) is -0.137. The van der Waals surface area contributed by atoms with Crippen LogP contribution in [0.25, 0.3) is 10.4 Å². The van der Waals surface area contributed by atoms with Crippen molar-refractivity contribution >= 4 is 11.3 Å². The Morgan fingerprint density at radius 2 is 2.12 bits per heavy atom. The molecule has 2 rings (SSSR count). The molecule has 1 heterocycles. The smallest absolute Gasteiger partial charge is 0.165 e.